The molecular weight excluding hydrogens is 207 g/mol. The highest BCUT2D eigenvalue weighted by molar-refractivity contribution is 7.89. The molecule has 4 nitrogen and oxygen atoms in total. The molecule has 0 aliphatic rings. The minimum absolute atomic E-state index is 0.0884. The molecule has 0 spiro atoms. The summed E-state index contributed by atoms with van der Waals surface area (Å²) in [5.41, 5.74) is 5.42. The minimum atomic E-state index is -3.61. The first-order chi connectivity index (χ1) is 6.34. The molecule has 0 saturated heterocycles. The molecule has 0 aliphatic carbocycles. The van der Waals surface area contributed by atoms with Crippen LogP contribution in [0.15, 0.2) is 23.1 Å². The van der Waals surface area contributed by atoms with Crippen LogP contribution in [-0.4, -0.2) is 26.8 Å². The van der Waals surface area contributed by atoms with Gasteiger partial charge in [-0.1, -0.05) is 0 Å². The molecule has 0 heterocycles. The monoisotopic (exact) mass is 218 g/mol. The van der Waals surface area contributed by atoms with Gasteiger partial charge in [-0.25, -0.2) is 17.1 Å². The predicted molar refractivity (Wildman–Crippen MR) is 51.7 cm³/mol. The zero-order valence-corrected chi connectivity index (χ0v) is 8.68. The fourth-order valence-electron chi connectivity index (χ4n) is 0.944. The van der Waals surface area contributed by atoms with E-state index >= 15 is 0 Å². The van der Waals surface area contributed by atoms with Crippen molar-refractivity contribution in [3.8, 4) is 0 Å². The van der Waals surface area contributed by atoms with E-state index in [1.165, 1.54) is 20.2 Å². The Labute approximate surface area is 82.2 Å². The van der Waals surface area contributed by atoms with Gasteiger partial charge in [-0.15, -0.1) is 0 Å². The van der Waals surface area contributed by atoms with Gasteiger partial charge in [0.15, 0.2) is 0 Å². The third kappa shape index (κ3) is 2.02. The number of halogens is 1. The molecule has 6 heteroatoms. The fourth-order valence-corrected chi connectivity index (χ4v) is 1.91. The van der Waals surface area contributed by atoms with Crippen LogP contribution in [0, 0.1) is 5.82 Å². The SMILES string of the molecule is CN(C)S(=O)(=O)c1cc(N)cc(F)c1. The quantitative estimate of drug-likeness (QED) is 0.742. The number of anilines is 1. The Bertz CT molecular complexity index is 422. The molecule has 0 unspecified atom stereocenters. The van der Waals surface area contributed by atoms with E-state index in [2.05, 4.69) is 0 Å². The Morgan fingerprint density at radius 2 is 1.86 bits per heavy atom. The number of hydrogen-bond acceptors (Lipinski definition) is 3. The zero-order chi connectivity index (χ0) is 10.9. The third-order valence-electron chi connectivity index (χ3n) is 1.67. The van der Waals surface area contributed by atoms with Crippen LogP contribution < -0.4 is 5.73 Å². The van der Waals surface area contributed by atoms with Crippen LogP contribution in [-0.2, 0) is 10.0 Å². The Balaban J connectivity index is 3.34. The van der Waals surface area contributed by atoms with Crippen molar-refractivity contribution in [1.29, 1.82) is 0 Å². The molecule has 1 aromatic carbocycles. The summed E-state index contributed by atoms with van der Waals surface area (Å²) < 4.78 is 36.9. The summed E-state index contributed by atoms with van der Waals surface area (Å²) in [6.45, 7) is 0. The molecule has 0 aliphatic heterocycles. The molecule has 0 fully saturated rings. The molecule has 14 heavy (non-hydrogen) atoms. The topological polar surface area (TPSA) is 63.4 Å². The van der Waals surface area contributed by atoms with Gasteiger partial charge in [-0.05, 0) is 18.2 Å². The van der Waals surface area contributed by atoms with Gasteiger partial charge in [-0.3, -0.25) is 0 Å². The lowest BCUT2D eigenvalue weighted by Gasteiger charge is -2.11. The van der Waals surface area contributed by atoms with E-state index < -0.39 is 15.8 Å². The summed E-state index contributed by atoms with van der Waals surface area (Å²) in [7, 11) is -0.866. The molecule has 0 atom stereocenters. The highest BCUT2D eigenvalue weighted by Crippen LogP contribution is 2.17. The van der Waals surface area contributed by atoms with Gasteiger partial charge < -0.3 is 5.73 Å². The van der Waals surface area contributed by atoms with Gasteiger partial charge in [0, 0.05) is 19.8 Å². The van der Waals surface area contributed by atoms with Crippen LogP contribution in [0.3, 0.4) is 0 Å². The Morgan fingerprint density at radius 1 is 1.29 bits per heavy atom. The first kappa shape index (κ1) is 10.9. The summed E-state index contributed by atoms with van der Waals surface area (Å²) in [4.78, 5) is -0.139. The van der Waals surface area contributed by atoms with Crippen LogP contribution in [0.25, 0.3) is 0 Å². The fraction of sp³-hybridized carbons (Fsp3) is 0.250. The highest BCUT2D eigenvalue weighted by Gasteiger charge is 2.18. The highest BCUT2D eigenvalue weighted by atomic mass is 32.2. The minimum Gasteiger partial charge on any atom is -0.399 e. The van der Waals surface area contributed by atoms with E-state index in [0.717, 1.165) is 16.4 Å². The third-order valence-corrected chi connectivity index (χ3v) is 3.47. The molecule has 0 saturated carbocycles. The maximum atomic E-state index is 12.9. The number of nitrogen functional groups attached to an aromatic ring is 1. The normalized spacial score (nSPS) is 12.0. The smallest absolute Gasteiger partial charge is 0.242 e. The maximum Gasteiger partial charge on any atom is 0.242 e. The molecule has 1 aromatic rings. The lowest BCUT2D eigenvalue weighted by Crippen LogP contribution is -2.22. The van der Waals surface area contributed by atoms with Crippen molar-refractivity contribution in [2.45, 2.75) is 4.90 Å². The van der Waals surface area contributed by atoms with Crippen molar-refractivity contribution in [3.05, 3.63) is 24.0 Å². The summed E-state index contributed by atoms with van der Waals surface area (Å²) in [5.74, 6) is -0.662. The van der Waals surface area contributed by atoms with Crippen molar-refractivity contribution >= 4 is 15.7 Å². The second-order valence-corrected chi connectivity index (χ2v) is 5.16. The van der Waals surface area contributed by atoms with Gasteiger partial charge >= 0.3 is 0 Å². The van der Waals surface area contributed by atoms with E-state index in [-0.39, 0.29) is 10.6 Å². The summed E-state index contributed by atoms with van der Waals surface area (Å²) in [5, 5.41) is 0. The van der Waals surface area contributed by atoms with Crippen LogP contribution >= 0.6 is 0 Å². The number of nitrogens with zero attached hydrogens (tertiary/aromatic N) is 1. The second kappa shape index (κ2) is 3.55. The van der Waals surface area contributed by atoms with Crippen molar-refractivity contribution in [3.63, 3.8) is 0 Å². The summed E-state index contributed by atoms with van der Waals surface area (Å²) >= 11 is 0. The summed E-state index contributed by atoms with van der Waals surface area (Å²) in [6.07, 6.45) is 0. The molecule has 0 bridgehead atoms. The van der Waals surface area contributed by atoms with Crippen molar-refractivity contribution in [2.24, 2.45) is 0 Å². The van der Waals surface area contributed by atoms with Crippen LogP contribution in [0.2, 0.25) is 0 Å². The Kier molecular flexibility index (Phi) is 2.77. The molecule has 2 N–H and O–H groups in total. The molecular formula is C8H11FN2O2S. The number of hydrogen-bond donors (Lipinski definition) is 1. The van der Waals surface area contributed by atoms with Crippen LogP contribution in [0.1, 0.15) is 0 Å². The first-order valence-corrected chi connectivity index (χ1v) is 5.26. The number of benzene rings is 1. The van der Waals surface area contributed by atoms with E-state index in [4.69, 9.17) is 5.73 Å². The standard InChI is InChI=1S/C8H11FN2O2S/c1-11(2)14(12,13)8-4-6(9)3-7(10)5-8/h3-5H,10H2,1-2H3. The van der Waals surface area contributed by atoms with Crippen LogP contribution in [0.5, 0.6) is 0 Å². The lowest BCUT2D eigenvalue weighted by molar-refractivity contribution is 0.519. The summed E-state index contributed by atoms with van der Waals surface area (Å²) in [6, 6.07) is 3.22. The van der Waals surface area contributed by atoms with Gasteiger partial charge in [0.2, 0.25) is 10.0 Å². The van der Waals surface area contributed by atoms with E-state index in [9.17, 15) is 12.8 Å². The molecule has 1 rings (SSSR count). The Morgan fingerprint density at radius 3 is 2.29 bits per heavy atom. The van der Waals surface area contributed by atoms with E-state index in [0.29, 0.717) is 0 Å². The zero-order valence-electron chi connectivity index (χ0n) is 7.86. The van der Waals surface area contributed by atoms with Gasteiger partial charge in [-0.2, -0.15) is 0 Å². The average Bonchev–Trinajstić information content (AvgIpc) is 2.01. The maximum absolute atomic E-state index is 12.9. The largest absolute Gasteiger partial charge is 0.399 e. The van der Waals surface area contributed by atoms with E-state index in [1.54, 1.807) is 0 Å². The number of rotatable bonds is 2. The van der Waals surface area contributed by atoms with Crippen LogP contribution in [0.4, 0.5) is 10.1 Å². The molecule has 0 aromatic heterocycles. The molecule has 0 radical (unpaired) electrons. The molecule has 78 valence electrons. The lowest BCUT2D eigenvalue weighted by atomic mass is 10.3. The van der Waals surface area contributed by atoms with Crippen molar-refractivity contribution in [2.75, 3.05) is 19.8 Å². The van der Waals surface area contributed by atoms with Gasteiger partial charge in [0.25, 0.3) is 0 Å². The number of nitrogens with two attached hydrogens (primary N) is 1. The van der Waals surface area contributed by atoms with Gasteiger partial charge in [0.05, 0.1) is 4.90 Å². The van der Waals surface area contributed by atoms with Crippen molar-refractivity contribution < 1.29 is 12.8 Å². The second-order valence-electron chi connectivity index (χ2n) is 3.01. The van der Waals surface area contributed by atoms with Gasteiger partial charge in [0.1, 0.15) is 5.82 Å². The first-order valence-electron chi connectivity index (χ1n) is 3.82. The van der Waals surface area contributed by atoms with E-state index in [1.807, 2.05) is 0 Å². The Hall–Kier alpha value is -1.14. The predicted octanol–water partition coefficient (Wildman–Crippen LogP) is 0.658. The number of sulfonamides is 1. The van der Waals surface area contributed by atoms with Crippen molar-refractivity contribution in [1.82, 2.24) is 4.31 Å². The molecule has 0 amide bonds. The average molecular weight is 218 g/mol.